The van der Waals surface area contributed by atoms with Crippen molar-refractivity contribution in [1.82, 2.24) is 0 Å². The molecule has 0 aromatic heterocycles. The van der Waals surface area contributed by atoms with Crippen LogP contribution in [0.5, 0.6) is 11.5 Å². The Balaban J connectivity index is -0.000000623. The maximum Gasteiger partial charge on any atom is 0.308 e. The highest BCUT2D eigenvalue weighted by atomic mass is 16.5. The Morgan fingerprint density at radius 2 is 1.08 bits per heavy atom. The van der Waals surface area contributed by atoms with Gasteiger partial charge in [-0.2, -0.15) is 0 Å². The lowest BCUT2D eigenvalue weighted by Crippen LogP contribution is -2.27. The number of Topliss-reactive ketones (excluding diaryl/α,β-unsaturated/α-hetero) is 2. The summed E-state index contributed by atoms with van der Waals surface area (Å²) in [4.78, 5) is 44.3. The highest BCUT2D eigenvalue weighted by Crippen LogP contribution is 2.36. The number of allylic oxidation sites excluding steroid dienone is 1. The van der Waals surface area contributed by atoms with Crippen LogP contribution in [-0.4, -0.2) is 47.5 Å². The summed E-state index contributed by atoms with van der Waals surface area (Å²) in [6, 6.07) is 24.1. The van der Waals surface area contributed by atoms with Gasteiger partial charge in [-0.25, -0.2) is 0 Å². The maximum atomic E-state index is 11.5. The molecule has 52 heavy (non-hydrogen) atoms. The lowest BCUT2D eigenvalue weighted by Gasteiger charge is -2.27. The quantitative estimate of drug-likeness (QED) is 0.0521. The number of carbonyl (C=O) groups excluding carboxylic acids is 4. The standard InChI is InChI=1S/C14H18O2.C12H14O3.C11H14O.3C2H5B/c1-10(2)14(4,5)12-8-6-7-9-13(12)16-11(3)15;1-9(14)12(2,3)10-6-4-5-7-11(10)15-8-13;1-9(2)8-11(12)10-6-4-3-5-7-10;3*1-2-3/h6-9H,1H2,2-5H3;4-8H,1-3H3;3-7,9H,8H2,1-2H3;3*2H2,1H3. The SMILES string of the molecule is C=C(C)C(C)(C)c1ccccc1OC(C)=O.CC(=O)C(C)(C)c1ccccc1OC=O.CC(C)CC(=O)c1ccccc1.[B]CC.[B]CC.[B]CC. The summed E-state index contributed by atoms with van der Waals surface area (Å²) in [5, 5.41) is 0. The van der Waals surface area contributed by atoms with Gasteiger partial charge in [-0.05, 0) is 45.7 Å². The Bertz CT molecular complexity index is 1450. The molecule has 0 bridgehead atoms. The van der Waals surface area contributed by atoms with Crippen LogP contribution in [-0.2, 0) is 25.2 Å². The summed E-state index contributed by atoms with van der Waals surface area (Å²) in [5.74, 6) is 1.47. The highest BCUT2D eigenvalue weighted by Gasteiger charge is 2.29. The Labute approximate surface area is 319 Å². The van der Waals surface area contributed by atoms with Crippen molar-refractivity contribution < 1.29 is 28.7 Å². The van der Waals surface area contributed by atoms with Crippen molar-refractivity contribution >= 4 is 47.5 Å². The van der Waals surface area contributed by atoms with E-state index in [1.165, 1.54) is 13.8 Å². The van der Waals surface area contributed by atoms with Crippen LogP contribution >= 0.6 is 0 Å². The third kappa shape index (κ3) is 21.9. The number of ketones is 2. The number of hydrogen-bond acceptors (Lipinski definition) is 6. The first-order chi connectivity index (χ1) is 24.3. The summed E-state index contributed by atoms with van der Waals surface area (Å²) in [5.41, 5.74) is 2.73. The van der Waals surface area contributed by atoms with Gasteiger partial charge in [-0.1, -0.05) is 146 Å². The van der Waals surface area contributed by atoms with Crippen LogP contribution in [0, 0.1) is 5.92 Å². The third-order valence-corrected chi connectivity index (χ3v) is 7.19. The van der Waals surface area contributed by atoms with E-state index in [1.807, 2.05) is 96.1 Å². The van der Waals surface area contributed by atoms with Crippen LogP contribution in [0.1, 0.15) is 111 Å². The van der Waals surface area contributed by atoms with E-state index in [4.69, 9.17) is 33.0 Å². The zero-order chi connectivity index (χ0) is 40.9. The molecule has 278 valence electrons. The topological polar surface area (TPSA) is 86.7 Å². The van der Waals surface area contributed by atoms with Crippen LogP contribution < -0.4 is 9.47 Å². The van der Waals surface area contributed by atoms with Gasteiger partial charge in [0, 0.05) is 35.4 Å². The molecular formula is C43H61B3O6. The van der Waals surface area contributed by atoms with Gasteiger partial charge in [0.2, 0.25) is 0 Å². The molecule has 0 amide bonds. The van der Waals surface area contributed by atoms with Crippen LogP contribution in [0.15, 0.2) is 91.0 Å². The van der Waals surface area contributed by atoms with E-state index in [2.05, 4.69) is 34.3 Å². The number of rotatable bonds is 10. The average molecular weight is 706 g/mol. The number of benzene rings is 3. The van der Waals surface area contributed by atoms with E-state index in [1.54, 1.807) is 24.3 Å². The van der Waals surface area contributed by atoms with E-state index >= 15 is 0 Å². The van der Waals surface area contributed by atoms with Crippen LogP contribution in [0.25, 0.3) is 0 Å². The van der Waals surface area contributed by atoms with Gasteiger partial charge in [0.25, 0.3) is 6.47 Å². The van der Waals surface area contributed by atoms with E-state index in [9.17, 15) is 19.2 Å². The predicted octanol–water partition coefficient (Wildman–Crippen LogP) is 10.2. The van der Waals surface area contributed by atoms with Gasteiger partial charge in [0.05, 0.1) is 29.0 Å². The first-order valence-corrected chi connectivity index (χ1v) is 17.6. The van der Waals surface area contributed by atoms with E-state index in [-0.39, 0.29) is 23.0 Å². The Morgan fingerprint density at radius 1 is 0.692 bits per heavy atom. The second-order valence-corrected chi connectivity index (χ2v) is 13.0. The van der Waals surface area contributed by atoms with Crippen molar-refractivity contribution in [2.75, 3.05) is 0 Å². The Hall–Kier alpha value is -4.13. The zero-order valence-electron chi connectivity index (χ0n) is 33.9. The van der Waals surface area contributed by atoms with Crippen LogP contribution in [0.2, 0.25) is 19.0 Å². The number of para-hydroxylation sites is 2. The molecule has 9 heteroatoms. The summed E-state index contributed by atoms with van der Waals surface area (Å²) >= 11 is 0. The average Bonchev–Trinajstić information content (AvgIpc) is 3.07. The maximum absolute atomic E-state index is 11.5. The van der Waals surface area contributed by atoms with Crippen molar-refractivity contribution in [3.63, 3.8) is 0 Å². The monoisotopic (exact) mass is 706 g/mol. The smallest absolute Gasteiger partial charge is 0.308 e. The summed E-state index contributed by atoms with van der Waals surface area (Å²) < 4.78 is 10.0. The van der Waals surface area contributed by atoms with Gasteiger partial charge in [0.15, 0.2) is 5.78 Å². The van der Waals surface area contributed by atoms with Gasteiger partial charge >= 0.3 is 5.97 Å². The molecule has 0 unspecified atom stereocenters. The van der Waals surface area contributed by atoms with Crippen molar-refractivity contribution in [3.8, 4) is 11.5 Å². The Morgan fingerprint density at radius 3 is 1.44 bits per heavy atom. The molecule has 0 saturated carbocycles. The fourth-order valence-electron chi connectivity index (χ4n) is 3.90. The first kappa shape index (κ1) is 52.2. The van der Waals surface area contributed by atoms with Gasteiger partial charge in [-0.15, -0.1) is 0 Å². The minimum absolute atomic E-state index is 0.0319. The van der Waals surface area contributed by atoms with Gasteiger partial charge in [-0.3, -0.25) is 19.2 Å². The van der Waals surface area contributed by atoms with Gasteiger partial charge < -0.3 is 9.47 Å². The molecule has 0 fully saturated rings. The molecule has 3 aromatic rings. The zero-order valence-corrected chi connectivity index (χ0v) is 33.9. The molecule has 0 aliphatic heterocycles. The van der Waals surface area contributed by atoms with Crippen LogP contribution in [0.4, 0.5) is 0 Å². The van der Waals surface area contributed by atoms with Crippen molar-refractivity contribution in [2.45, 2.75) is 119 Å². The predicted molar refractivity (Wildman–Crippen MR) is 221 cm³/mol. The van der Waals surface area contributed by atoms with E-state index in [0.29, 0.717) is 30.3 Å². The van der Waals surface area contributed by atoms with Gasteiger partial charge in [0.1, 0.15) is 17.3 Å². The molecule has 0 N–H and O–H groups in total. The molecule has 3 rings (SSSR count). The fraction of sp³-hybridized carbons (Fsp3) is 0.442. The highest BCUT2D eigenvalue weighted by molar-refractivity contribution is 6.08. The second-order valence-electron chi connectivity index (χ2n) is 13.0. The summed E-state index contributed by atoms with van der Waals surface area (Å²) in [6.07, 6.45) is 2.89. The lowest BCUT2D eigenvalue weighted by molar-refractivity contribution is -0.132. The molecule has 0 heterocycles. The largest absolute Gasteiger partial charge is 0.428 e. The molecule has 6 nitrogen and oxygen atoms in total. The molecule has 0 aliphatic rings. The molecule has 0 spiro atoms. The molecule has 0 atom stereocenters. The van der Waals surface area contributed by atoms with Crippen LogP contribution in [0.3, 0.4) is 0 Å². The van der Waals surface area contributed by atoms with Crippen molar-refractivity contribution in [1.29, 1.82) is 0 Å². The summed E-state index contributed by atoms with van der Waals surface area (Å²) in [6.45, 7) is 26.8. The summed E-state index contributed by atoms with van der Waals surface area (Å²) in [7, 11) is 14.5. The second kappa shape index (κ2) is 29.5. The molecule has 3 aromatic carbocycles. The minimum Gasteiger partial charge on any atom is -0.428 e. The minimum atomic E-state index is -0.639. The Kier molecular flexibility index (Phi) is 29.6. The molecule has 0 aliphatic carbocycles. The number of hydrogen-bond donors (Lipinski definition) is 0. The molecule has 0 saturated heterocycles. The van der Waals surface area contributed by atoms with Crippen molar-refractivity contribution in [2.24, 2.45) is 5.92 Å². The number of ether oxygens (including phenoxy) is 2. The fourth-order valence-corrected chi connectivity index (χ4v) is 3.90. The third-order valence-electron chi connectivity index (χ3n) is 7.19. The number of esters is 1. The normalized spacial score (nSPS) is 9.87. The molecule has 6 radical (unpaired) electrons. The number of carbonyl (C=O) groups is 4. The van der Waals surface area contributed by atoms with E-state index < -0.39 is 5.41 Å². The lowest BCUT2D eigenvalue weighted by atomic mass is 9.78. The molecular weight excluding hydrogens is 645 g/mol. The van der Waals surface area contributed by atoms with E-state index in [0.717, 1.165) is 41.2 Å². The first-order valence-electron chi connectivity index (χ1n) is 17.6. The van der Waals surface area contributed by atoms with Crippen molar-refractivity contribution in [3.05, 3.63) is 108 Å².